The molecule has 0 aromatic rings. The zero-order valence-corrected chi connectivity index (χ0v) is 6.85. The summed E-state index contributed by atoms with van der Waals surface area (Å²) in [5.74, 6) is 0. The number of rotatable bonds is 5. The van der Waals surface area contributed by atoms with Crippen LogP contribution in [0.4, 0.5) is 0 Å². The highest BCUT2D eigenvalue weighted by molar-refractivity contribution is 4.72. The maximum Gasteiger partial charge on any atom is 0.0555 e. The minimum Gasteiger partial charge on any atom is -0.395 e. The second-order valence-electron chi connectivity index (χ2n) is 3.21. The SMILES string of the molecule is CC(C)(N)CCNCCO. The van der Waals surface area contributed by atoms with Gasteiger partial charge in [0.15, 0.2) is 0 Å². The summed E-state index contributed by atoms with van der Waals surface area (Å²) in [5.41, 5.74) is 5.62. The number of nitrogens with two attached hydrogens (primary N) is 1. The number of aliphatic hydroxyl groups is 1. The van der Waals surface area contributed by atoms with Gasteiger partial charge in [-0.2, -0.15) is 0 Å². The Bertz CT molecular complexity index is 78.2. The zero-order chi connectivity index (χ0) is 8.04. The molecule has 0 fully saturated rings. The lowest BCUT2D eigenvalue weighted by atomic mass is 10.0. The Morgan fingerprint density at radius 1 is 1.40 bits per heavy atom. The molecule has 0 aliphatic carbocycles. The van der Waals surface area contributed by atoms with E-state index >= 15 is 0 Å². The molecule has 0 saturated heterocycles. The van der Waals surface area contributed by atoms with Crippen LogP contribution in [-0.2, 0) is 0 Å². The maximum atomic E-state index is 8.40. The molecular weight excluding hydrogens is 128 g/mol. The van der Waals surface area contributed by atoms with Crippen LogP contribution in [0.1, 0.15) is 20.3 Å². The fourth-order valence-corrected chi connectivity index (χ4v) is 0.615. The molecule has 10 heavy (non-hydrogen) atoms. The van der Waals surface area contributed by atoms with E-state index in [0.29, 0.717) is 6.54 Å². The van der Waals surface area contributed by atoms with Crippen LogP contribution >= 0.6 is 0 Å². The molecular formula is C7H18N2O. The molecule has 0 aliphatic heterocycles. The molecule has 3 nitrogen and oxygen atoms in total. The molecule has 0 aromatic carbocycles. The van der Waals surface area contributed by atoms with E-state index in [0.717, 1.165) is 13.0 Å². The number of hydrogen-bond acceptors (Lipinski definition) is 3. The lowest BCUT2D eigenvalue weighted by Gasteiger charge is -2.17. The predicted molar refractivity (Wildman–Crippen MR) is 42.8 cm³/mol. The highest BCUT2D eigenvalue weighted by atomic mass is 16.3. The molecule has 0 aromatic heterocycles. The van der Waals surface area contributed by atoms with Gasteiger partial charge < -0.3 is 16.2 Å². The van der Waals surface area contributed by atoms with Crippen molar-refractivity contribution in [2.75, 3.05) is 19.7 Å². The van der Waals surface area contributed by atoms with Gasteiger partial charge in [0, 0.05) is 12.1 Å². The van der Waals surface area contributed by atoms with Crippen molar-refractivity contribution in [2.45, 2.75) is 25.8 Å². The van der Waals surface area contributed by atoms with Gasteiger partial charge in [-0.25, -0.2) is 0 Å². The van der Waals surface area contributed by atoms with Crippen molar-refractivity contribution in [1.82, 2.24) is 5.32 Å². The van der Waals surface area contributed by atoms with Crippen LogP contribution in [0.25, 0.3) is 0 Å². The lowest BCUT2D eigenvalue weighted by Crippen LogP contribution is -2.36. The third kappa shape index (κ3) is 7.88. The lowest BCUT2D eigenvalue weighted by molar-refractivity contribution is 0.289. The summed E-state index contributed by atoms with van der Waals surface area (Å²) in [6, 6.07) is 0. The summed E-state index contributed by atoms with van der Waals surface area (Å²) >= 11 is 0. The first-order chi connectivity index (χ1) is 4.56. The summed E-state index contributed by atoms with van der Waals surface area (Å²) in [7, 11) is 0. The highest BCUT2D eigenvalue weighted by Crippen LogP contribution is 2.00. The van der Waals surface area contributed by atoms with E-state index in [1.165, 1.54) is 0 Å². The Labute approximate surface area is 62.6 Å². The average Bonchev–Trinajstić information content (AvgIpc) is 1.78. The third-order valence-electron chi connectivity index (χ3n) is 1.23. The van der Waals surface area contributed by atoms with Gasteiger partial charge in [-0.3, -0.25) is 0 Å². The van der Waals surface area contributed by atoms with Crippen molar-refractivity contribution in [3.63, 3.8) is 0 Å². The molecule has 4 N–H and O–H groups in total. The Kier molecular flexibility index (Phi) is 4.60. The van der Waals surface area contributed by atoms with Crippen LogP contribution in [0.3, 0.4) is 0 Å². The van der Waals surface area contributed by atoms with E-state index in [2.05, 4.69) is 5.32 Å². The summed E-state index contributed by atoms with van der Waals surface area (Å²) < 4.78 is 0. The Hall–Kier alpha value is -0.120. The first-order valence-corrected chi connectivity index (χ1v) is 3.67. The summed E-state index contributed by atoms with van der Waals surface area (Å²) in [6.07, 6.45) is 0.938. The van der Waals surface area contributed by atoms with Gasteiger partial charge in [0.05, 0.1) is 6.61 Å². The van der Waals surface area contributed by atoms with Crippen LogP contribution in [0, 0.1) is 0 Å². The average molecular weight is 146 g/mol. The van der Waals surface area contributed by atoms with E-state index in [-0.39, 0.29) is 12.1 Å². The normalized spacial score (nSPS) is 12.0. The van der Waals surface area contributed by atoms with Gasteiger partial charge >= 0.3 is 0 Å². The minimum absolute atomic E-state index is 0.0948. The van der Waals surface area contributed by atoms with Crippen LogP contribution < -0.4 is 11.1 Å². The predicted octanol–water partition coefficient (Wildman–Crippen LogP) is -0.304. The molecule has 0 aliphatic rings. The topological polar surface area (TPSA) is 58.3 Å². The zero-order valence-electron chi connectivity index (χ0n) is 6.85. The van der Waals surface area contributed by atoms with Gasteiger partial charge in [-0.15, -0.1) is 0 Å². The Balaban J connectivity index is 3.04. The quantitative estimate of drug-likeness (QED) is 0.467. The van der Waals surface area contributed by atoms with Crippen molar-refractivity contribution in [1.29, 1.82) is 0 Å². The monoisotopic (exact) mass is 146 g/mol. The molecule has 62 valence electrons. The molecule has 0 rings (SSSR count). The van der Waals surface area contributed by atoms with Crippen LogP contribution in [0.15, 0.2) is 0 Å². The van der Waals surface area contributed by atoms with E-state index in [9.17, 15) is 0 Å². The molecule has 0 saturated carbocycles. The third-order valence-corrected chi connectivity index (χ3v) is 1.23. The van der Waals surface area contributed by atoms with Crippen LogP contribution in [0.2, 0.25) is 0 Å². The second-order valence-corrected chi connectivity index (χ2v) is 3.21. The van der Waals surface area contributed by atoms with Gasteiger partial charge in [0.1, 0.15) is 0 Å². The molecule has 0 radical (unpaired) electrons. The van der Waals surface area contributed by atoms with Crippen molar-refractivity contribution in [3.8, 4) is 0 Å². The molecule has 0 bridgehead atoms. The smallest absolute Gasteiger partial charge is 0.0555 e. The second kappa shape index (κ2) is 4.66. The number of hydrogen-bond donors (Lipinski definition) is 3. The first-order valence-electron chi connectivity index (χ1n) is 3.67. The van der Waals surface area contributed by atoms with Crippen molar-refractivity contribution >= 4 is 0 Å². The number of nitrogens with one attached hydrogen (secondary N) is 1. The molecule has 0 spiro atoms. The molecule has 0 unspecified atom stereocenters. The largest absolute Gasteiger partial charge is 0.395 e. The summed E-state index contributed by atoms with van der Waals surface area (Å²) in [5, 5.41) is 11.5. The van der Waals surface area contributed by atoms with Crippen LogP contribution in [0.5, 0.6) is 0 Å². The van der Waals surface area contributed by atoms with E-state index < -0.39 is 0 Å². The van der Waals surface area contributed by atoms with Gasteiger partial charge in [0.25, 0.3) is 0 Å². The van der Waals surface area contributed by atoms with Gasteiger partial charge in [0.2, 0.25) is 0 Å². The minimum atomic E-state index is -0.0948. The molecule has 0 atom stereocenters. The van der Waals surface area contributed by atoms with Crippen molar-refractivity contribution < 1.29 is 5.11 Å². The Morgan fingerprint density at radius 2 is 2.00 bits per heavy atom. The van der Waals surface area contributed by atoms with E-state index in [1.54, 1.807) is 0 Å². The first kappa shape index (κ1) is 9.88. The Morgan fingerprint density at radius 3 is 2.40 bits per heavy atom. The molecule has 0 heterocycles. The summed E-state index contributed by atoms with van der Waals surface area (Å²) in [4.78, 5) is 0. The standard InChI is InChI=1S/C7H18N2O/c1-7(2,8)3-4-9-5-6-10/h9-10H,3-6,8H2,1-2H3. The maximum absolute atomic E-state index is 8.40. The fraction of sp³-hybridized carbons (Fsp3) is 1.00. The van der Waals surface area contributed by atoms with Crippen molar-refractivity contribution in [3.05, 3.63) is 0 Å². The summed E-state index contributed by atoms with van der Waals surface area (Å²) in [6.45, 7) is 5.73. The van der Waals surface area contributed by atoms with E-state index in [4.69, 9.17) is 10.8 Å². The van der Waals surface area contributed by atoms with E-state index in [1.807, 2.05) is 13.8 Å². The van der Waals surface area contributed by atoms with Crippen LogP contribution in [-0.4, -0.2) is 30.3 Å². The van der Waals surface area contributed by atoms with Gasteiger partial charge in [-0.1, -0.05) is 0 Å². The number of aliphatic hydroxyl groups excluding tert-OH is 1. The fourth-order valence-electron chi connectivity index (χ4n) is 0.615. The highest BCUT2D eigenvalue weighted by Gasteiger charge is 2.08. The molecule has 3 heteroatoms. The van der Waals surface area contributed by atoms with Crippen molar-refractivity contribution in [2.24, 2.45) is 5.73 Å². The molecule has 0 amide bonds. The van der Waals surface area contributed by atoms with Gasteiger partial charge in [-0.05, 0) is 26.8 Å².